The molecule has 1 unspecified atom stereocenters. The molecule has 0 saturated carbocycles. The lowest BCUT2D eigenvalue weighted by Gasteiger charge is -2.14. The Hall–Kier alpha value is -2.29. The quantitative estimate of drug-likeness (QED) is 0.735. The fourth-order valence-corrected chi connectivity index (χ4v) is 2.02. The molecule has 0 fully saturated rings. The van der Waals surface area contributed by atoms with E-state index in [9.17, 15) is 4.79 Å². The van der Waals surface area contributed by atoms with Gasteiger partial charge >= 0.3 is 5.97 Å². The first-order chi connectivity index (χ1) is 10.6. The molecule has 0 bridgehead atoms. The minimum Gasteiger partial charge on any atom is -0.488 e. The van der Waals surface area contributed by atoms with E-state index >= 15 is 0 Å². The summed E-state index contributed by atoms with van der Waals surface area (Å²) in [6, 6.07) is 15.2. The van der Waals surface area contributed by atoms with E-state index in [0.717, 1.165) is 12.0 Å². The van der Waals surface area contributed by atoms with Gasteiger partial charge in [-0.05, 0) is 43.5 Å². The number of carbonyl (C=O) groups excluding carboxylic acids is 1. The Morgan fingerprint density at radius 1 is 1.09 bits per heavy atom. The molecule has 0 aliphatic rings. The van der Waals surface area contributed by atoms with Crippen LogP contribution in [0.3, 0.4) is 0 Å². The number of esters is 1. The van der Waals surface area contributed by atoms with Crippen LogP contribution in [0.25, 0.3) is 0 Å². The monoisotopic (exact) mass is 298 g/mol. The van der Waals surface area contributed by atoms with Crippen LogP contribution >= 0.6 is 0 Å². The van der Waals surface area contributed by atoms with Gasteiger partial charge in [0.15, 0.2) is 0 Å². The fourth-order valence-electron chi connectivity index (χ4n) is 2.02. The van der Waals surface area contributed by atoms with Crippen molar-refractivity contribution in [3.63, 3.8) is 0 Å². The van der Waals surface area contributed by atoms with Gasteiger partial charge in [0.2, 0.25) is 0 Å². The Bertz CT molecular complexity index is 634. The smallest absolute Gasteiger partial charge is 0.342 e. The largest absolute Gasteiger partial charge is 0.488 e. The van der Waals surface area contributed by atoms with Crippen LogP contribution in [0.5, 0.6) is 5.75 Å². The topological polar surface area (TPSA) is 35.5 Å². The molecule has 0 saturated heterocycles. The summed E-state index contributed by atoms with van der Waals surface area (Å²) in [7, 11) is 0. The summed E-state index contributed by atoms with van der Waals surface area (Å²) in [5, 5.41) is 0. The van der Waals surface area contributed by atoms with Crippen molar-refractivity contribution < 1.29 is 14.3 Å². The highest BCUT2D eigenvalue weighted by Gasteiger charge is 2.16. The summed E-state index contributed by atoms with van der Waals surface area (Å²) in [5.41, 5.74) is 2.74. The highest BCUT2D eigenvalue weighted by Crippen LogP contribution is 2.21. The molecule has 1 atom stereocenters. The van der Waals surface area contributed by atoms with Gasteiger partial charge in [0, 0.05) is 0 Å². The van der Waals surface area contributed by atoms with Crippen molar-refractivity contribution in [2.24, 2.45) is 0 Å². The van der Waals surface area contributed by atoms with E-state index in [2.05, 4.69) is 0 Å². The molecule has 0 heterocycles. The van der Waals surface area contributed by atoms with E-state index in [1.807, 2.05) is 57.2 Å². The number of carbonyl (C=O) groups is 1. The minimum atomic E-state index is -0.338. The molecule has 0 aromatic heterocycles. The molecule has 0 radical (unpaired) electrons. The molecular formula is C19H22O3. The Morgan fingerprint density at radius 3 is 2.50 bits per heavy atom. The lowest BCUT2D eigenvalue weighted by Crippen LogP contribution is -2.15. The number of ether oxygens (including phenoxy) is 2. The van der Waals surface area contributed by atoms with E-state index < -0.39 is 0 Å². The van der Waals surface area contributed by atoms with E-state index in [1.54, 1.807) is 12.1 Å². The summed E-state index contributed by atoms with van der Waals surface area (Å²) in [5.74, 6) is 0.216. The Balaban J connectivity index is 2.11. The number of benzene rings is 2. The van der Waals surface area contributed by atoms with Gasteiger partial charge in [0.25, 0.3) is 0 Å². The van der Waals surface area contributed by atoms with E-state index in [4.69, 9.17) is 9.47 Å². The second-order valence-electron chi connectivity index (χ2n) is 5.34. The van der Waals surface area contributed by atoms with Gasteiger partial charge in [-0.15, -0.1) is 0 Å². The molecule has 0 aliphatic carbocycles. The van der Waals surface area contributed by atoms with Gasteiger partial charge in [-0.1, -0.05) is 43.3 Å². The van der Waals surface area contributed by atoms with Crippen LogP contribution < -0.4 is 4.74 Å². The van der Waals surface area contributed by atoms with Crippen molar-refractivity contribution >= 4 is 5.97 Å². The third-order valence-corrected chi connectivity index (χ3v) is 3.63. The van der Waals surface area contributed by atoms with Gasteiger partial charge in [-0.2, -0.15) is 0 Å². The van der Waals surface area contributed by atoms with Crippen LogP contribution in [0.1, 0.15) is 41.8 Å². The number of aryl methyl sites for hydroxylation is 1. The Labute approximate surface area is 131 Å². The van der Waals surface area contributed by atoms with E-state index in [-0.39, 0.29) is 12.1 Å². The van der Waals surface area contributed by atoms with Gasteiger partial charge in [-0.25, -0.2) is 4.79 Å². The van der Waals surface area contributed by atoms with Crippen LogP contribution in [0.2, 0.25) is 0 Å². The summed E-state index contributed by atoms with van der Waals surface area (Å²) in [6.45, 7) is 6.34. The SMILES string of the molecule is CCC(C)OC(=O)c1ccccc1OCc1ccccc1C. The van der Waals surface area contributed by atoms with Crippen LogP contribution in [0.4, 0.5) is 0 Å². The molecule has 2 rings (SSSR count). The van der Waals surface area contributed by atoms with Crippen molar-refractivity contribution in [2.75, 3.05) is 0 Å². The molecule has 0 N–H and O–H groups in total. The van der Waals surface area contributed by atoms with Crippen LogP contribution in [-0.2, 0) is 11.3 Å². The lowest BCUT2D eigenvalue weighted by molar-refractivity contribution is 0.0329. The molecule has 0 aliphatic heterocycles. The van der Waals surface area contributed by atoms with Crippen molar-refractivity contribution in [2.45, 2.75) is 39.9 Å². The molecule has 3 nitrogen and oxygen atoms in total. The maximum Gasteiger partial charge on any atom is 0.342 e. The van der Waals surface area contributed by atoms with Crippen LogP contribution in [0, 0.1) is 6.92 Å². The average Bonchev–Trinajstić information content (AvgIpc) is 2.54. The van der Waals surface area contributed by atoms with Crippen molar-refractivity contribution in [3.8, 4) is 5.75 Å². The minimum absolute atomic E-state index is 0.100. The summed E-state index contributed by atoms with van der Waals surface area (Å²) < 4.78 is 11.2. The maximum atomic E-state index is 12.2. The highest BCUT2D eigenvalue weighted by atomic mass is 16.5. The summed E-state index contributed by atoms with van der Waals surface area (Å²) in [6.07, 6.45) is 0.690. The molecule has 22 heavy (non-hydrogen) atoms. The number of para-hydroxylation sites is 1. The standard InChI is InChI=1S/C19H22O3/c1-4-15(3)22-19(20)17-11-7-8-12-18(17)21-13-16-10-6-5-9-14(16)2/h5-12,15H,4,13H2,1-3H3. The van der Waals surface area contributed by atoms with Gasteiger partial charge < -0.3 is 9.47 Å². The fraction of sp³-hybridized carbons (Fsp3) is 0.316. The molecule has 0 spiro atoms. The third-order valence-electron chi connectivity index (χ3n) is 3.63. The number of hydrogen-bond donors (Lipinski definition) is 0. The first-order valence-corrected chi connectivity index (χ1v) is 7.59. The molecule has 2 aromatic carbocycles. The lowest BCUT2D eigenvalue weighted by atomic mass is 10.1. The second-order valence-corrected chi connectivity index (χ2v) is 5.34. The summed E-state index contributed by atoms with van der Waals surface area (Å²) >= 11 is 0. The van der Waals surface area contributed by atoms with Crippen LogP contribution in [0.15, 0.2) is 48.5 Å². The zero-order valence-electron chi connectivity index (χ0n) is 13.3. The predicted molar refractivity (Wildman–Crippen MR) is 87.1 cm³/mol. The summed E-state index contributed by atoms with van der Waals surface area (Å²) in [4.78, 5) is 12.2. The molecule has 2 aromatic rings. The molecule has 116 valence electrons. The average molecular weight is 298 g/mol. The molecular weight excluding hydrogens is 276 g/mol. The normalized spacial score (nSPS) is 11.8. The molecule has 3 heteroatoms. The first kappa shape index (κ1) is 16.1. The third kappa shape index (κ3) is 4.10. The zero-order chi connectivity index (χ0) is 15.9. The second kappa shape index (κ2) is 7.64. The predicted octanol–water partition coefficient (Wildman–Crippen LogP) is 4.53. The zero-order valence-corrected chi connectivity index (χ0v) is 13.3. The number of rotatable bonds is 6. The first-order valence-electron chi connectivity index (χ1n) is 7.59. The van der Waals surface area contributed by atoms with Crippen LogP contribution in [-0.4, -0.2) is 12.1 Å². The van der Waals surface area contributed by atoms with Crippen molar-refractivity contribution in [1.82, 2.24) is 0 Å². The van der Waals surface area contributed by atoms with Crippen molar-refractivity contribution in [1.29, 1.82) is 0 Å². The Kier molecular flexibility index (Phi) is 5.59. The van der Waals surface area contributed by atoms with Gasteiger partial charge in [0.05, 0.1) is 6.10 Å². The highest BCUT2D eigenvalue weighted by molar-refractivity contribution is 5.92. The van der Waals surface area contributed by atoms with Gasteiger partial charge in [0.1, 0.15) is 17.9 Å². The van der Waals surface area contributed by atoms with E-state index in [1.165, 1.54) is 5.56 Å². The maximum absolute atomic E-state index is 12.2. The van der Waals surface area contributed by atoms with Gasteiger partial charge in [-0.3, -0.25) is 0 Å². The Morgan fingerprint density at radius 2 is 1.77 bits per heavy atom. The number of hydrogen-bond acceptors (Lipinski definition) is 3. The molecule has 0 amide bonds. The van der Waals surface area contributed by atoms with E-state index in [0.29, 0.717) is 17.9 Å². The van der Waals surface area contributed by atoms with Crippen molar-refractivity contribution in [3.05, 3.63) is 65.2 Å².